The van der Waals surface area contributed by atoms with Crippen molar-refractivity contribution in [2.45, 2.75) is 10.2 Å². The summed E-state index contributed by atoms with van der Waals surface area (Å²) in [5.41, 5.74) is 1.42. The van der Waals surface area contributed by atoms with Gasteiger partial charge in [-0.1, -0.05) is 40.2 Å². The van der Waals surface area contributed by atoms with Crippen molar-refractivity contribution in [3.05, 3.63) is 59.9 Å². The Labute approximate surface area is 119 Å². The third-order valence-electron chi connectivity index (χ3n) is 2.49. The molecule has 0 aliphatic carbocycles. The van der Waals surface area contributed by atoms with Gasteiger partial charge < -0.3 is 0 Å². The fraction of sp³-hybridized carbons (Fsp3) is 0.0769. The quantitative estimate of drug-likeness (QED) is 0.863. The maximum Gasteiger partial charge on any atom is 0.264 e. The summed E-state index contributed by atoms with van der Waals surface area (Å²) in [6.45, 7) is 0. The van der Waals surface area contributed by atoms with Gasteiger partial charge in [0.1, 0.15) is 10.7 Å². The molecule has 3 nitrogen and oxygen atoms in total. The Morgan fingerprint density at radius 3 is 2.26 bits per heavy atom. The van der Waals surface area contributed by atoms with Crippen LogP contribution in [0.2, 0.25) is 0 Å². The van der Waals surface area contributed by atoms with E-state index < -0.39 is 15.8 Å². The molecule has 100 valence electrons. The molecule has 2 aromatic carbocycles. The average molecular weight is 344 g/mol. The van der Waals surface area contributed by atoms with Crippen LogP contribution < -0.4 is 4.72 Å². The van der Waals surface area contributed by atoms with Crippen LogP contribution in [-0.2, 0) is 15.4 Å². The largest absolute Gasteiger partial charge is 0.280 e. The van der Waals surface area contributed by atoms with Gasteiger partial charge in [-0.3, -0.25) is 4.72 Å². The monoisotopic (exact) mass is 343 g/mol. The highest BCUT2D eigenvalue weighted by Gasteiger charge is 2.18. The van der Waals surface area contributed by atoms with Crippen LogP contribution in [0.5, 0.6) is 0 Å². The van der Waals surface area contributed by atoms with E-state index in [2.05, 4.69) is 20.7 Å². The first kappa shape index (κ1) is 14.0. The third-order valence-corrected chi connectivity index (χ3v) is 4.55. The molecule has 0 unspecified atom stereocenters. The molecule has 2 rings (SSSR count). The van der Waals surface area contributed by atoms with Crippen LogP contribution in [0.25, 0.3) is 0 Å². The molecule has 0 heterocycles. The van der Waals surface area contributed by atoms with Crippen molar-refractivity contribution in [1.29, 1.82) is 0 Å². The lowest BCUT2D eigenvalue weighted by Crippen LogP contribution is -2.14. The van der Waals surface area contributed by atoms with E-state index in [9.17, 15) is 12.8 Å². The number of sulfonamides is 1. The zero-order valence-corrected chi connectivity index (χ0v) is 12.2. The smallest absolute Gasteiger partial charge is 0.264 e. The Morgan fingerprint density at radius 2 is 1.68 bits per heavy atom. The Morgan fingerprint density at radius 1 is 1.05 bits per heavy atom. The van der Waals surface area contributed by atoms with Crippen molar-refractivity contribution in [2.24, 2.45) is 0 Å². The second-order valence-corrected chi connectivity index (χ2v) is 6.08. The van der Waals surface area contributed by atoms with Gasteiger partial charge >= 0.3 is 0 Å². The first-order valence-electron chi connectivity index (χ1n) is 5.45. The van der Waals surface area contributed by atoms with E-state index in [1.54, 1.807) is 24.3 Å². The minimum atomic E-state index is -3.90. The molecule has 0 aliphatic rings. The average Bonchev–Trinajstić information content (AvgIpc) is 2.39. The van der Waals surface area contributed by atoms with Gasteiger partial charge in [0, 0.05) is 11.0 Å². The first-order valence-corrected chi connectivity index (χ1v) is 8.05. The Balaban J connectivity index is 2.28. The normalized spacial score (nSPS) is 11.3. The summed E-state index contributed by atoms with van der Waals surface area (Å²) >= 11 is 3.30. The standard InChI is InChI=1S/C13H11BrFNO2S/c14-9-10-5-7-11(8-6-10)16-19(17,18)13-4-2-1-3-12(13)15/h1-8,16H,9H2. The highest BCUT2D eigenvalue weighted by atomic mass is 79.9. The van der Waals surface area contributed by atoms with Gasteiger partial charge in [-0.2, -0.15) is 0 Å². The van der Waals surface area contributed by atoms with Crippen molar-refractivity contribution < 1.29 is 12.8 Å². The maximum atomic E-state index is 13.5. The number of rotatable bonds is 4. The highest BCUT2D eigenvalue weighted by molar-refractivity contribution is 9.08. The summed E-state index contributed by atoms with van der Waals surface area (Å²) in [7, 11) is -3.90. The van der Waals surface area contributed by atoms with Gasteiger partial charge in [0.25, 0.3) is 10.0 Å². The number of nitrogens with one attached hydrogen (secondary N) is 1. The summed E-state index contributed by atoms with van der Waals surface area (Å²) in [5.74, 6) is -0.771. The number of anilines is 1. The first-order chi connectivity index (χ1) is 9.03. The number of alkyl halides is 1. The van der Waals surface area contributed by atoms with E-state index in [0.717, 1.165) is 11.6 Å². The summed E-state index contributed by atoms with van der Waals surface area (Å²) in [5, 5.41) is 0.688. The number of benzene rings is 2. The van der Waals surface area contributed by atoms with Gasteiger partial charge in [-0.25, -0.2) is 12.8 Å². The van der Waals surface area contributed by atoms with Crippen LogP contribution >= 0.6 is 15.9 Å². The van der Waals surface area contributed by atoms with E-state index in [-0.39, 0.29) is 4.90 Å². The van der Waals surface area contributed by atoms with E-state index in [1.165, 1.54) is 18.2 Å². The maximum absolute atomic E-state index is 13.5. The van der Waals surface area contributed by atoms with Gasteiger partial charge in [0.15, 0.2) is 0 Å². The fourth-order valence-electron chi connectivity index (χ4n) is 1.53. The van der Waals surface area contributed by atoms with E-state index in [4.69, 9.17) is 0 Å². The SMILES string of the molecule is O=S(=O)(Nc1ccc(CBr)cc1)c1ccccc1F. The molecule has 0 spiro atoms. The van der Waals surface area contributed by atoms with E-state index in [0.29, 0.717) is 11.0 Å². The lowest BCUT2D eigenvalue weighted by Gasteiger charge is -2.09. The van der Waals surface area contributed by atoms with Crippen LogP contribution in [0.15, 0.2) is 53.4 Å². The molecule has 2 aromatic rings. The van der Waals surface area contributed by atoms with Gasteiger partial charge in [-0.05, 0) is 29.8 Å². The van der Waals surface area contributed by atoms with E-state index in [1.807, 2.05) is 0 Å². The second-order valence-electron chi connectivity index (χ2n) is 3.87. The zero-order chi connectivity index (χ0) is 13.9. The molecule has 1 N–H and O–H groups in total. The molecule has 0 radical (unpaired) electrons. The van der Waals surface area contributed by atoms with Crippen molar-refractivity contribution >= 4 is 31.6 Å². The minimum absolute atomic E-state index is 0.362. The molecule has 0 saturated carbocycles. The van der Waals surface area contributed by atoms with Crippen LogP contribution in [0.3, 0.4) is 0 Å². The van der Waals surface area contributed by atoms with Crippen molar-refractivity contribution in [3.8, 4) is 0 Å². The summed E-state index contributed by atoms with van der Waals surface area (Å²) in [4.78, 5) is -0.362. The Kier molecular flexibility index (Phi) is 4.21. The lowest BCUT2D eigenvalue weighted by atomic mass is 10.2. The molecular formula is C13H11BrFNO2S. The molecule has 0 bridgehead atoms. The molecule has 0 fully saturated rings. The topological polar surface area (TPSA) is 46.2 Å². The zero-order valence-electron chi connectivity index (χ0n) is 9.81. The highest BCUT2D eigenvalue weighted by Crippen LogP contribution is 2.19. The van der Waals surface area contributed by atoms with Crippen molar-refractivity contribution in [1.82, 2.24) is 0 Å². The number of halogens is 2. The lowest BCUT2D eigenvalue weighted by molar-refractivity contribution is 0.570. The van der Waals surface area contributed by atoms with Crippen molar-refractivity contribution in [2.75, 3.05) is 4.72 Å². The summed E-state index contributed by atoms with van der Waals surface area (Å²) in [6, 6.07) is 12.1. The number of hydrogen-bond acceptors (Lipinski definition) is 2. The summed E-state index contributed by atoms with van der Waals surface area (Å²) < 4.78 is 39.9. The summed E-state index contributed by atoms with van der Waals surface area (Å²) in [6.07, 6.45) is 0. The molecule has 6 heteroatoms. The Hall–Kier alpha value is -1.40. The molecule has 0 aliphatic heterocycles. The molecule has 0 saturated heterocycles. The van der Waals surface area contributed by atoms with Crippen LogP contribution in [0, 0.1) is 5.82 Å². The second kappa shape index (κ2) is 5.71. The van der Waals surface area contributed by atoms with Gasteiger partial charge in [0.05, 0.1) is 0 Å². The predicted octanol–water partition coefficient (Wildman–Crippen LogP) is 3.52. The van der Waals surface area contributed by atoms with Crippen LogP contribution in [-0.4, -0.2) is 8.42 Å². The van der Waals surface area contributed by atoms with Crippen molar-refractivity contribution in [3.63, 3.8) is 0 Å². The molecule has 0 aromatic heterocycles. The minimum Gasteiger partial charge on any atom is -0.280 e. The molecule has 19 heavy (non-hydrogen) atoms. The van der Waals surface area contributed by atoms with Crippen LogP contribution in [0.1, 0.15) is 5.56 Å². The Bertz CT molecular complexity index is 671. The fourth-order valence-corrected chi connectivity index (χ4v) is 3.05. The van der Waals surface area contributed by atoms with Gasteiger partial charge in [-0.15, -0.1) is 0 Å². The molecule has 0 atom stereocenters. The van der Waals surface area contributed by atoms with E-state index >= 15 is 0 Å². The molecular weight excluding hydrogens is 333 g/mol. The molecule has 0 amide bonds. The number of hydrogen-bond donors (Lipinski definition) is 1. The predicted molar refractivity (Wildman–Crippen MR) is 76.3 cm³/mol. The van der Waals surface area contributed by atoms with Crippen LogP contribution in [0.4, 0.5) is 10.1 Å². The van der Waals surface area contributed by atoms with Gasteiger partial charge in [0.2, 0.25) is 0 Å². The third kappa shape index (κ3) is 3.33.